The number of hydrogen-bond donors (Lipinski definition) is 1. The Morgan fingerprint density at radius 2 is 1.92 bits per heavy atom. The van der Waals surface area contributed by atoms with Gasteiger partial charge < -0.3 is 9.73 Å². The third-order valence-electron chi connectivity index (χ3n) is 5.46. The van der Waals surface area contributed by atoms with Gasteiger partial charge in [0.2, 0.25) is 0 Å². The number of hydrogen-bond acceptors (Lipinski definition) is 7. The van der Waals surface area contributed by atoms with Crippen LogP contribution in [0.15, 0.2) is 98.1 Å². The minimum Gasteiger partial charge on any atom is -0.422 e. The van der Waals surface area contributed by atoms with Crippen LogP contribution in [0.4, 0.5) is 5.69 Å². The lowest BCUT2D eigenvalue weighted by Crippen LogP contribution is -2.05. The molecule has 5 rings (SSSR count). The fourth-order valence-corrected chi connectivity index (χ4v) is 5.00. The molecule has 0 unspecified atom stereocenters. The van der Waals surface area contributed by atoms with Crippen molar-refractivity contribution in [2.45, 2.75) is 0 Å². The molecule has 0 aliphatic heterocycles. The number of thiazole rings is 1. The van der Waals surface area contributed by atoms with E-state index in [1.165, 1.54) is 17.5 Å². The van der Waals surface area contributed by atoms with E-state index in [9.17, 15) is 14.9 Å². The normalized spacial score (nSPS) is 11.3. The molecule has 2 aromatic heterocycles. The van der Waals surface area contributed by atoms with Crippen molar-refractivity contribution in [3.05, 3.63) is 120 Å². The Morgan fingerprint density at radius 3 is 2.70 bits per heavy atom. The average molecular weight is 589 g/mol. The highest BCUT2D eigenvalue weighted by Gasteiger charge is 2.16. The zero-order valence-electron chi connectivity index (χ0n) is 18.9. The maximum atomic E-state index is 13.1. The largest absolute Gasteiger partial charge is 0.422 e. The molecule has 5 aromatic rings. The van der Waals surface area contributed by atoms with Gasteiger partial charge in [0.25, 0.3) is 0 Å². The van der Waals surface area contributed by atoms with Crippen molar-refractivity contribution in [3.8, 4) is 17.3 Å². The average Bonchev–Trinajstić information content (AvgIpc) is 3.39. The Kier molecular flexibility index (Phi) is 7.01. The van der Waals surface area contributed by atoms with Gasteiger partial charge in [-0.05, 0) is 42.5 Å². The smallest absolute Gasteiger partial charge is 0.345 e. The van der Waals surface area contributed by atoms with Crippen molar-refractivity contribution in [2.24, 2.45) is 0 Å². The predicted molar refractivity (Wildman–Crippen MR) is 150 cm³/mol. The zero-order valence-corrected chi connectivity index (χ0v) is 22.0. The van der Waals surface area contributed by atoms with Gasteiger partial charge in [-0.25, -0.2) is 9.78 Å². The SMILES string of the molecule is N#C/C(=C\Nc1ccc(Cl)cc1C(=O)c1ccccc1)c1nc(-c2cc3cc(Br)ccc3oc2=O)cs1. The molecule has 0 spiro atoms. The van der Waals surface area contributed by atoms with Crippen LogP contribution in [0.25, 0.3) is 27.8 Å². The molecule has 37 heavy (non-hydrogen) atoms. The van der Waals surface area contributed by atoms with Gasteiger partial charge in [0.15, 0.2) is 5.78 Å². The van der Waals surface area contributed by atoms with Crippen molar-refractivity contribution in [2.75, 3.05) is 5.32 Å². The number of halogens is 2. The highest BCUT2D eigenvalue weighted by atomic mass is 79.9. The fraction of sp³-hybridized carbons (Fsp3) is 0. The highest BCUT2D eigenvalue weighted by molar-refractivity contribution is 9.10. The van der Waals surface area contributed by atoms with Crippen molar-refractivity contribution in [3.63, 3.8) is 0 Å². The second-order valence-corrected chi connectivity index (χ2v) is 10.1. The van der Waals surface area contributed by atoms with Gasteiger partial charge in [-0.15, -0.1) is 11.3 Å². The second kappa shape index (κ2) is 10.5. The molecule has 1 N–H and O–H groups in total. The lowest BCUT2D eigenvalue weighted by molar-refractivity contribution is 0.103. The lowest BCUT2D eigenvalue weighted by atomic mass is 10.0. The van der Waals surface area contributed by atoms with Crippen molar-refractivity contribution in [1.29, 1.82) is 5.26 Å². The number of carbonyl (C=O) groups excluding carboxylic acids is 1. The number of anilines is 1. The summed E-state index contributed by atoms with van der Waals surface area (Å²) in [6.45, 7) is 0. The molecule has 180 valence electrons. The van der Waals surface area contributed by atoms with E-state index < -0.39 is 5.63 Å². The molecule has 2 heterocycles. The number of fused-ring (bicyclic) bond motifs is 1. The van der Waals surface area contributed by atoms with Crippen LogP contribution in [0.5, 0.6) is 0 Å². The summed E-state index contributed by atoms with van der Waals surface area (Å²) < 4.78 is 6.29. The van der Waals surface area contributed by atoms with Crippen LogP contribution < -0.4 is 10.9 Å². The van der Waals surface area contributed by atoms with Crippen LogP contribution in [-0.2, 0) is 0 Å². The van der Waals surface area contributed by atoms with Gasteiger partial charge >= 0.3 is 5.63 Å². The monoisotopic (exact) mass is 587 g/mol. The lowest BCUT2D eigenvalue weighted by Gasteiger charge is -2.10. The molecule has 0 aliphatic carbocycles. The number of nitrogens with zero attached hydrogens (tertiary/aromatic N) is 2. The van der Waals surface area contributed by atoms with Crippen LogP contribution in [0.3, 0.4) is 0 Å². The van der Waals surface area contributed by atoms with Crippen molar-refractivity contribution >= 4 is 66.9 Å². The first kappa shape index (κ1) is 24.7. The Morgan fingerprint density at radius 1 is 1.11 bits per heavy atom. The minimum atomic E-state index is -0.516. The van der Waals surface area contributed by atoms with Crippen LogP contribution >= 0.6 is 38.9 Å². The number of nitrogens with one attached hydrogen (secondary N) is 1. The maximum Gasteiger partial charge on any atom is 0.345 e. The Balaban J connectivity index is 1.46. The number of carbonyl (C=O) groups is 1. The van der Waals surface area contributed by atoms with E-state index in [0.29, 0.717) is 43.7 Å². The number of aromatic nitrogens is 1. The number of ketones is 1. The summed E-state index contributed by atoms with van der Waals surface area (Å²) in [5, 5.41) is 16.1. The summed E-state index contributed by atoms with van der Waals surface area (Å²) in [7, 11) is 0. The number of nitriles is 1. The summed E-state index contributed by atoms with van der Waals surface area (Å²) in [5.74, 6) is -0.205. The zero-order chi connectivity index (χ0) is 25.9. The number of allylic oxidation sites excluding steroid dienone is 1. The van der Waals surface area contributed by atoms with Crippen LogP contribution in [-0.4, -0.2) is 10.8 Å². The van der Waals surface area contributed by atoms with E-state index in [1.807, 2.05) is 12.1 Å². The fourth-order valence-electron chi connectivity index (χ4n) is 3.66. The molecule has 0 radical (unpaired) electrons. The van der Waals surface area contributed by atoms with E-state index >= 15 is 0 Å². The molecule has 0 bridgehead atoms. The Labute approximate surface area is 228 Å². The van der Waals surface area contributed by atoms with Crippen LogP contribution in [0.2, 0.25) is 5.02 Å². The van der Waals surface area contributed by atoms with Gasteiger partial charge in [-0.2, -0.15) is 5.26 Å². The maximum absolute atomic E-state index is 13.1. The summed E-state index contributed by atoms with van der Waals surface area (Å²) in [6.07, 6.45) is 1.48. The Bertz CT molecular complexity index is 1790. The van der Waals surface area contributed by atoms with E-state index in [4.69, 9.17) is 16.0 Å². The molecule has 0 saturated heterocycles. The van der Waals surface area contributed by atoms with Crippen LogP contribution in [0.1, 0.15) is 20.9 Å². The van der Waals surface area contributed by atoms with Gasteiger partial charge in [-0.1, -0.05) is 57.9 Å². The van der Waals surface area contributed by atoms with Crippen molar-refractivity contribution < 1.29 is 9.21 Å². The van der Waals surface area contributed by atoms with E-state index in [1.54, 1.807) is 66.0 Å². The summed E-state index contributed by atoms with van der Waals surface area (Å²) in [6, 6.07) is 23.0. The molecular formula is C28H15BrClN3O3S. The van der Waals surface area contributed by atoms with Gasteiger partial charge in [0.1, 0.15) is 22.2 Å². The molecule has 0 fully saturated rings. The van der Waals surface area contributed by atoms with E-state index in [0.717, 1.165) is 9.86 Å². The molecule has 0 amide bonds. The molecule has 9 heteroatoms. The van der Waals surface area contributed by atoms with E-state index in [2.05, 4.69) is 32.3 Å². The predicted octanol–water partition coefficient (Wildman–Crippen LogP) is 7.54. The third-order valence-corrected chi connectivity index (χ3v) is 7.06. The topological polar surface area (TPSA) is 96.0 Å². The molecular weight excluding hydrogens is 574 g/mol. The minimum absolute atomic E-state index is 0.205. The first-order valence-electron chi connectivity index (χ1n) is 10.9. The van der Waals surface area contributed by atoms with Gasteiger partial charge in [-0.3, -0.25) is 4.79 Å². The highest BCUT2D eigenvalue weighted by Crippen LogP contribution is 2.29. The first-order chi connectivity index (χ1) is 17.9. The van der Waals surface area contributed by atoms with Gasteiger partial charge in [0, 0.05) is 43.3 Å². The molecule has 0 saturated carbocycles. The van der Waals surface area contributed by atoms with Crippen molar-refractivity contribution in [1.82, 2.24) is 4.98 Å². The summed E-state index contributed by atoms with van der Waals surface area (Å²) in [5.41, 5.74) is 2.27. The third kappa shape index (κ3) is 5.25. The summed E-state index contributed by atoms with van der Waals surface area (Å²) in [4.78, 5) is 30.2. The number of benzene rings is 3. The molecule has 0 atom stereocenters. The molecule has 0 aliphatic rings. The summed E-state index contributed by atoms with van der Waals surface area (Å²) >= 11 is 10.8. The second-order valence-electron chi connectivity index (χ2n) is 7.87. The Hall–Kier alpha value is -4.03. The molecule has 6 nitrogen and oxygen atoms in total. The first-order valence-corrected chi connectivity index (χ1v) is 12.9. The number of rotatable bonds is 6. The molecule has 3 aromatic carbocycles. The van der Waals surface area contributed by atoms with Gasteiger partial charge in [0.05, 0.1) is 11.3 Å². The van der Waals surface area contributed by atoms with Crippen LogP contribution in [0, 0.1) is 11.3 Å². The quantitative estimate of drug-likeness (QED) is 0.125. The van der Waals surface area contributed by atoms with E-state index in [-0.39, 0.29) is 11.4 Å². The standard InChI is InChI=1S/C28H15BrClN3O3S/c29-19-6-9-25-17(10-19)11-22(28(35)36-25)24-15-37-27(33-24)18(13-31)14-32-23-8-7-20(30)12-21(23)26(34)16-4-2-1-3-5-16/h1-12,14-15,32H/b18-14+.